The third-order valence-corrected chi connectivity index (χ3v) is 2.70. The van der Waals surface area contributed by atoms with Crippen LogP contribution in [0, 0.1) is 11.3 Å². The fraction of sp³-hybridized carbons (Fsp3) is 0.214. The zero-order valence-electron chi connectivity index (χ0n) is 11.0. The molecule has 5 heteroatoms. The van der Waals surface area contributed by atoms with Gasteiger partial charge in [0.05, 0.1) is 11.6 Å². The fourth-order valence-corrected chi connectivity index (χ4v) is 1.67. The van der Waals surface area contributed by atoms with E-state index < -0.39 is 0 Å². The van der Waals surface area contributed by atoms with E-state index in [-0.39, 0.29) is 0 Å². The summed E-state index contributed by atoms with van der Waals surface area (Å²) in [6.07, 6.45) is 1.72. The summed E-state index contributed by atoms with van der Waals surface area (Å²) in [5.74, 6) is 1.41. The maximum absolute atomic E-state index is 8.79. The lowest BCUT2D eigenvalue weighted by molar-refractivity contribution is 1.05. The van der Waals surface area contributed by atoms with Gasteiger partial charge < -0.3 is 10.2 Å². The van der Waals surface area contributed by atoms with Crippen LogP contribution in [-0.2, 0) is 0 Å². The lowest BCUT2D eigenvalue weighted by Gasteiger charge is -2.18. The van der Waals surface area contributed by atoms with Crippen LogP contribution in [0.5, 0.6) is 0 Å². The molecule has 0 atom stereocenters. The van der Waals surface area contributed by atoms with Crippen molar-refractivity contribution in [1.82, 2.24) is 9.97 Å². The van der Waals surface area contributed by atoms with E-state index in [1.54, 1.807) is 18.3 Å². The zero-order chi connectivity index (χ0) is 13.7. The second-order valence-electron chi connectivity index (χ2n) is 3.99. The number of rotatable bonds is 4. The molecule has 1 aromatic heterocycles. The van der Waals surface area contributed by atoms with E-state index in [1.165, 1.54) is 0 Å². The van der Waals surface area contributed by atoms with Crippen molar-refractivity contribution >= 4 is 17.5 Å². The van der Waals surface area contributed by atoms with Crippen molar-refractivity contribution in [2.75, 3.05) is 23.8 Å². The molecule has 1 N–H and O–H groups in total. The summed E-state index contributed by atoms with van der Waals surface area (Å²) < 4.78 is 0. The Morgan fingerprint density at radius 3 is 2.63 bits per heavy atom. The number of hydrogen-bond donors (Lipinski definition) is 1. The van der Waals surface area contributed by atoms with Gasteiger partial charge in [0.1, 0.15) is 5.82 Å². The van der Waals surface area contributed by atoms with Crippen LogP contribution in [0.15, 0.2) is 36.5 Å². The standard InChI is InChI=1S/C14H15N5/c1-3-16-14-17-9-8-13(18-14)19(2)12-6-4-11(10-15)5-7-12/h4-9H,3H2,1-2H3,(H,16,17,18). The summed E-state index contributed by atoms with van der Waals surface area (Å²) in [6, 6.07) is 11.3. The van der Waals surface area contributed by atoms with Gasteiger partial charge in [0.2, 0.25) is 5.95 Å². The number of benzene rings is 1. The van der Waals surface area contributed by atoms with Gasteiger partial charge in [-0.3, -0.25) is 0 Å². The molecule has 19 heavy (non-hydrogen) atoms. The van der Waals surface area contributed by atoms with Crippen LogP contribution in [0.2, 0.25) is 0 Å². The molecule has 2 aromatic rings. The maximum atomic E-state index is 8.79. The van der Waals surface area contributed by atoms with E-state index >= 15 is 0 Å². The summed E-state index contributed by atoms with van der Waals surface area (Å²) in [5.41, 5.74) is 1.62. The van der Waals surface area contributed by atoms with E-state index in [9.17, 15) is 0 Å². The molecule has 0 fully saturated rings. The Hall–Kier alpha value is -2.61. The smallest absolute Gasteiger partial charge is 0.224 e. The second-order valence-corrected chi connectivity index (χ2v) is 3.99. The average molecular weight is 253 g/mol. The Balaban J connectivity index is 2.25. The molecule has 2 rings (SSSR count). The summed E-state index contributed by atoms with van der Waals surface area (Å²) in [5, 5.41) is 11.9. The molecular formula is C14H15N5. The van der Waals surface area contributed by atoms with Crippen molar-refractivity contribution in [2.45, 2.75) is 6.92 Å². The van der Waals surface area contributed by atoms with E-state index in [0.29, 0.717) is 11.5 Å². The minimum atomic E-state index is 0.612. The highest BCUT2D eigenvalue weighted by Gasteiger charge is 2.06. The number of nitrogens with zero attached hydrogens (tertiary/aromatic N) is 4. The molecule has 1 heterocycles. The van der Waals surface area contributed by atoms with Crippen LogP contribution < -0.4 is 10.2 Å². The molecular weight excluding hydrogens is 238 g/mol. The SMILES string of the molecule is CCNc1nccc(N(C)c2ccc(C#N)cc2)n1. The van der Waals surface area contributed by atoms with Crippen molar-refractivity contribution in [1.29, 1.82) is 5.26 Å². The maximum Gasteiger partial charge on any atom is 0.224 e. The van der Waals surface area contributed by atoms with Gasteiger partial charge in [-0.25, -0.2) is 4.98 Å². The van der Waals surface area contributed by atoms with Gasteiger partial charge in [0, 0.05) is 25.5 Å². The first kappa shape index (κ1) is 12.8. The number of nitriles is 1. The molecule has 5 nitrogen and oxygen atoms in total. The van der Waals surface area contributed by atoms with E-state index in [1.807, 2.05) is 37.1 Å². The topological polar surface area (TPSA) is 64.8 Å². The van der Waals surface area contributed by atoms with Gasteiger partial charge in [0.25, 0.3) is 0 Å². The van der Waals surface area contributed by atoms with Gasteiger partial charge in [-0.05, 0) is 37.3 Å². The third kappa shape index (κ3) is 2.99. The van der Waals surface area contributed by atoms with E-state index in [4.69, 9.17) is 5.26 Å². The largest absolute Gasteiger partial charge is 0.354 e. The number of hydrogen-bond acceptors (Lipinski definition) is 5. The third-order valence-electron chi connectivity index (χ3n) is 2.70. The molecule has 1 aromatic carbocycles. The van der Waals surface area contributed by atoms with Crippen molar-refractivity contribution < 1.29 is 0 Å². The molecule has 0 amide bonds. The molecule has 0 aliphatic rings. The Kier molecular flexibility index (Phi) is 3.94. The molecule has 0 saturated carbocycles. The van der Waals surface area contributed by atoms with E-state index in [2.05, 4.69) is 21.4 Å². The lowest BCUT2D eigenvalue weighted by atomic mass is 10.2. The molecule has 0 bridgehead atoms. The monoisotopic (exact) mass is 253 g/mol. The van der Waals surface area contributed by atoms with Crippen molar-refractivity contribution in [2.24, 2.45) is 0 Å². The van der Waals surface area contributed by atoms with Gasteiger partial charge in [0.15, 0.2) is 0 Å². The van der Waals surface area contributed by atoms with Crippen LogP contribution in [0.4, 0.5) is 17.5 Å². The average Bonchev–Trinajstić information content (AvgIpc) is 2.47. The predicted molar refractivity (Wildman–Crippen MR) is 75.4 cm³/mol. The quantitative estimate of drug-likeness (QED) is 0.907. The number of nitrogens with one attached hydrogen (secondary N) is 1. The first-order valence-electron chi connectivity index (χ1n) is 6.05. The van der Waals surface area contributed by atoms with Gasteiger partial charge in [-0.1, -0.05) is 0 Å². The Labute approximate surface area is 112 Å². The fourth-order valence-electron chi connectivity index (χ4n) is 1.67. The van der Waals surface area contributed by atoms with Gasteiger partial charge in [-0.2, -0.15) is 10.2 Å². The van der Waals surface area contributed by atoms with E-state index in [0.717, 1.165) is 18.1 Å². The lowest BCUT2D eigenvalue weighted by Crippen LogP contribution is -2.13. The van der Waals surface area contributed by atoms with Crippen molar-refractivity contribution in [3.8, 4) is 6.07 Å². The van der Waals surface area contributed by atoms with Crippen LogP contribution in [0.1, 0.15) is 12.5 Å². The molecule has 0 saturated heterocycles. The van der Waals surface area contributed by atoms with Crippen LogP contribution >= 0.6 is 0 Å². The minimum absolute atomic E-state index is 0.612. The second kappa shape index (κ2) is 5.83. The number of aromatic nitrogens is 2. The first-order chi connectivity index (χ1) is 9.24. The predicted octanol–water partition coefficient (Wildman–Crippen LogP) is 2.55. The van der Waals surface area contributed by atoms with Crippen molar-refractivity contribution in [3.63, 3.8) is 0 Å². The van der Waals surface area contributed by atoms with Crippen molar-refractivity contribution in [3.05, 3.63) is 42.1 Å². The Bertz CT molecular complexity index is 586. The summed E-state index contributed by atoms with van der Waals surface area (Å²) in [6.45, 7) is 2.78. The molecule has 0 aliphatic heterocycles. The molecule has 0 unspecified atom stereocenters. The summed E-state index contributed by atoms with van der Waals surface area (Å²) >= 11 is 0. The zero-order valence-corrected chi connectivity index (χ0v) is 11.0. The molecule has 0 spiro atoms. The van der Waals surface area contributed by atoms with Crippen LogP contribution in [0.25, 0.3) is 0 Å². The normalized spacial score (nSPS) is 9.74. The summed E-state index contributed by atoms with van der Waals surface area (Å²) in [4.78, 5) is 10.5. The Morgan fingerprint density at radius 1 is 1.26 bits per heavy atom. The molecule has 96 valence electrons. The highest BCUT2D eigenvalue weighted by Crippen LogP contribution is 2.22. The molecule has 0 aliphatic carbocycles. The van der Waals surface area contributed by atoms with Crippen LogP contribution in [-0.4, -0.2) is 23.6 Å². The minimum Gasteiger partial charge on any atom is -0.354 e. The molecule has 0 radical (unpaired) electrons. The Morgan fingerprint density at radius 2 is 2.00 bits per heavy atom. The number of anilines is 3. The highest BCUT2D eigenvalue weighted by molar-refractivity contribution is 5.60. The highest BCUT2D eigenvalue weighted by atomic mass is 15.2. The first-order valence-corrected chi connectivity index (χ1v) is 6.05. The summed E-state index contributed by atoms with van der Waals surface area (Å²) in [7, 11) is 1.93. The van der Waals surface area contributed by atoms with Gasteiger partial charge >= 0.3 is 0 Å². The van der Waals surface area contributed by atoms with Gasteiger partial charge in [-0.15, -0.1) is 0 Å². The van der Waals surface area contributed by atoms with Crippen LogP contribution in [0.3, 0.4) is 0 Å².